The maximum atomic E-state index is 12.0. The van der Waals surface area contributed by atoms with Gasteiger partial charge in [-0.25, -0.2) is 4.68 Å². The summed E-state index contributed by atoms with van der Waals surface area (Å²) in [5.41, 5.74) is 8.80. The molecule has 2 N–H and O–H groups in total. The van der Waals surface area contributed by atoms with E-state index in [0.29, 0.717) is 17.1 Å². The number of amides is 1. The monoisotopic (exact) mass is 355 g/mol. The quantitative estimate of drug-likeness (QED) is 0.733. The van der Waals surface area contributed by atoms with Gasteiger partial charge < -0.3 is 5.73 Å². The first-order valence-electron chi connectivity index (χ1n) is 8.05. The van der Waals surface area contributed by atoms with E-state index >= 15 is 0 Å². The molecule has 3 aromatic rings. The maximum Gasteiger partial charge on any atom is 0.269 e. The number of nitrogens with two attached hydrogens (primary N) is 1. The lowest BCUT2D eigenvalue weighted by Crippen LogP contribution is -2.14. The number of aromatic nitrogens is 4. The molecule has 3 heterocycles. The van der Waals surface area contributed by atoms with Gasteiger partial charge in [-0.3, -0.25) is 14.8 Å². The summed E-state index contributed by atoms with van der Waals surface area (Å²) in [5.74, 6) is -0.552. The average Bonchev–Trinajstić information content (AvgIpc) is 3.01. The molecule has 0 saturated carbocycles. The van der Waals surface area contributed by atoms with Crippen LogP contribution in [0.15, 0.2) is 42.9 Å². The van der Waals surface area contributed by atoms with E-state index < -0.39 is 5.91 Å². The Morgan fingerprint density at radius 2 is 2.12 bits per heavy atom. The van der Waals surface area contributed by atoms with Gasteiger partial charge in [0.05, 0.1) is 28.3 Å². The van der Waals surface area contributed by atoms with Crippen molar-refractivity contribution in [2.24, 2.45) is 5.73 Å². The molecule has 128 valence electrons. The summed E-state index contributed by atoms with van der Waals surface area (Å²) in [4.78, 5) is 20.5. The van der Waals surface area contributed by atoms with Crippen molar-refractivity contribution in [2.75, 3.05) is 0 Å². The largest absolute Gasteiger partial charge is 0.364 e. The van der Waals surface area contributed by atoms with Crippen LogP contribution in [-0.2, 0) is 6.42 Å². The van der Waals surface area contributed by atoms with Crippen molar-refractivity contribution in [1.82, 2.24) is 19.7 Å². The van der Waals surface area contributed by atoms with Crippen LogP contribution in [0.3, 0.4) is 0 Å². The molecule has 6 nitrogen and oxygen atoms in total. The number of unbranched alkanes of at least 4 members (excludes halogenated alkanes) is 1. The summed E-state index contributed by atoms with van der Waals surface area (Å²) in [6.07, 6.45) is 7.53. The van der Waals surface area contributed by atoms with E-state index in [0.717, 1.165) is 29.8 Å². The Labute approximate surface area is 150 Å². The zero-order valence-corrected chi connectivity index (χ0v) is 14.6. The molecule has 0 saturated heterocycles. The molecule has 7 heteroatoms. The van der Waals surface area contributed by atoms with Gasteiger partial charge in [-0.1, -0.05) is 24.9 Å². The molecule has 0 aliphatic carbocycles. The number of hydrogen-bond donors (Lipinski definition) is 1. The maximum absolute atomic E-state index is 12.0. The topological polar surface area (TPSA) is 86.7 Å². The van der Waals surface area contributed by atoms with Crippen molar-refractivity contribution in [3.8, 4) is 17.1 Å². The second kappa shape index (κ2) is 7.44. The lowest BCUT2D eigenvalue weighted by Gasteiger charge is -2.09. The minimum absolute atomic E-state index is 0.268. The first kappa shape index (κ1) is 17.1. The average molecular weight is 356 g/mol. The van der Waals surface area contributed by atoms with E-state index in [2.05, 4.69) is 22.0 Å². The zero-order valence-electron chi connectivity index (χ0n) is 13.8. The van der Waals surface area contributed by atoms with Crippen LogP contribution >= 0.6 is 11.6 Å². The number of nitrogens with zero attached hydrogens (tertiary/aromatic N) is 4. The fraction of sp³-hybridized carbons (Fsp3) is 0.222. The highest BCUT2D eigenvalue weighted by atomic mass is 35.5. The summed E-state index contributed by atoms with van der Waals surface area (Å²) in [6.45, 7) is 2.09. The Balaban J connectivity index is 2.26. The third kappa shape index (κ3) is 3.53. The van der Waals surface area contributed by atoms with Crippen LogP contribution in [0.25, 0.3) is 17.1 Å². The number of hydrogen-bond acceptors (Lipinski definition) is 4. The molecule has 25 heavy (non-hydrogen) atoms. The predicted molar refractivity (Wildman–Crippen MR) is 96.7 cm³/mol. The Morgan fingerprint density at radius 1 is 1.28 bits per heavy atom. The first-order valence-corrected chi connectivity index (χ1v) is 8.43. The molecule has 0 bridgehead atoms. The number of pyridine rings is 2. The number of halogens is 1. The lowest BCUT2D eigenvalue weighted by atomic mass is 10.0. The van der Waals surface area contributed by atoms with Crippen molar-refractivity contribution in [2.45, 2.75) is 26.2 Å². The number of carbonyl (C=O) groups excluding carboxylic acids is 1. The van der Waals surface area contributed by atoms with Crippen molar-refractivity contribution in [3.05, 3.63) is 59.1 Å². The minimum Gasteiger partial charge on any atom is -0.364 e. The van der Waals surface area contributed by atoms with Gasteiger partial charge in [-0.05, 0) is 37.1 Å². The van der Waals surface area contributed by atoms with Gasteiger partial charge >= 0.3 is 0 Å². The van der Waals surface area contributed by atoms with Gasteiger partial charge in [0.25, 0.3) is 5.91 Å². The second-order valence-electron chi connectivity index (χ2n) is 5.63. The van der Waals surface area contributed by atoms with Crippen molar-refractivity contribution >= 4 is 17.5 Å². The molecule has 0 aromatic carbocycles. The molecule has 0 fully saturated rings. The van der Waals surface area contributed by atoms with Gasteiger partial charge in [0.15, 0.2) is 5.69 Å². The zero-order chi connectivity index (χ0) is 17.8. The second-order valence-corrected chi connectivity index (χ2v) is 6.06. The first-order chi connectivity index (χ1) is 12.1. The summed E-state index contributed by atoms with van der Waals surface area (Å²) in [6, 6.07) is 7.25. The Bertz CT molecular complexity index is 874. The van der Waals surface area contributed by atoms with Gasteiger partial charge in [-0.2, -0.15) is 5.10 Å². The fourth-order valence-electron chi connectivity index (χ4n) is 2.68. The molecule has 0 atom stereocenters. The molecule has 3 aromatic heterocycles. The summed E-state index contributed by atoms with van der Waals surface area (Å²) >= 11 is 5.97. The van der Waals surface area contributed by atoms with Gasteiger partial charge in [0.1, 0.15) is 0 Å². The molecule has 0 spiro atoms. The predicted octanol–water partition coefficient (Wildman–Crippen LogP) is 3.42. The standard InChI is InChI=1S/C18H18ClN5O/c1-2-3-6-14-16(18(20)25)23-24(13-5-4-9-21-11-13)17(14)15-8-7-12(19)10-22-15/h4-5,7-11H,2-3,6H2,1H3,(H2,20,25). The van der Waals surface area contributed by atoms with E-state index in [1.807, 2.05) is 18.2 Å². The Kier molecular flexibility index (Phi) is 5.09. The SMILES string of the molecule is CCCCc1c(C(N)=O)nn(-c2cccnc2)c1-c1ccc(Cl)cn1. The molecule has 0 aliphatic rings. The summed E-state index contributed by atoms with van der Waals surface area (Å²) < 4.78 is 1.67. The highest BCUT2D eigenvalue weighted by Gasteiger charge is 2.23. The number of primary amides is 1. The molecular formula is C18H18ClN5O. The molecule has 0 unspecified atom stereocenters. The van der Waals surface area contributed by atoms with Crippen molar-refractivity contribution in [1.29, 1.82) is 0 Å². The number of carbonyl (C=O) groups is 1. The Hall–Kier alpha value is -2.73. The molecule has 1 amide bonds. The molecular weight excluding hydrogens is 338 g/mol. The van der Waals surface area contributed by atoms with E-state index in [-0.39, 0.29) is 5.69 Å². The van der Waals surface area contributed by atoms with Crippen LogP contribution in [0, 0.1) is 0 Å². The van der Waals surface area contributed by atoms with Crippen LogP contribution in [0.2, 0.25) is 5.02 Å². The molecule has 3 rings (SSSR count). The molecule has 0 aliphatic heterocycles. The summed E-state index contributed by atoms with van der Waals surface area (Å²) in [5, 5.41) is 5.00. The van der Waals surface area contributed by atoms with E-state index in [9.17, 15) is 4.79 Å². The van der Waals surface area contributed by atoms with Crippen molar-refractivity contribution < 1.29 is 4.79 Å². The third-order valence-electron chi connectivity index (χ3n) is 3.86. The van der Waals surface area contributed by atoms with Crippen LogP contribution in [0.1, 0.15) is 35.8 Å². The van der Waals surface area contributed by atoms with Gasteiger partial charge in [0, 0.05) is 18.0 Å². The third-order valence-corrected chi connectivity index (χ3v) is 4.08. The molecule has 0 radical (unpaired) electrons. The van der Waals surface area contributed by atoms with Crippen LogP contribution < -0.4 is 5.73 Å². The normalized spacial score (nSPS) is 10.8. The lowest BCUT2D eigenvalue weighted by molar-refractivity contribution is 0.0994. The Morgan fingerprint density at radius 3 is 2.72 bits per heavy atom. The van der Waals surface area contributed by atoms with Crippen LogP contribution in [-0.4, -0.2) is 25.7 Å². The van der Waals surface area contributed by atoms with E-state index in [4.69, 9.17) is 17.3 Å². The highest BCUT2D eigenvalue weighted by Crippen LogP contribution is 2.29. The van der Waals surface area contributed by atoms with Crippen LogP contribution in [0.5, 0.6) is 0 Å². The van der Waals surface area contributed by atoms with Crippen LogP contribution in [0.4, 0.5) is 0 Å². The summed E-state index contributed by atoms with van der Waals surface area (Å²) in [7, 11) is 0. The number of rotatable bonds is 6. The van der Waals surface area contributed by atoms with Crippen molar-refractivity contribution in [3.63, 3.8) is 0 Å². The minimum atomic E-state index is -0.552. The van der Waals surface area contributed by atoms with E-state index in [1.165, 1.54) is 0 Å². The van der Waals surface area contributed by atoms with Gasteiger partial charge in [-0.15, -0.1) is 0 Å². The smallest absolute Gasteiger partial charge is 0.269 e. The fourth-order valence-corrected chi connectivity index (χ4v) is 2.80. The van der Waals surface area contributed by atoms with Gasteiger partial charge in [0.2, 0.25) is 0 Å². The highest BCUT2D eigenvalue weighted by molar-refractivity contribution is 6.30. The van der Waals surface area contributed by atoms with E-state index in [1.54, 1.807) is 29.3 Å².